The highest BCUT2D eigenvalue weighted by Crippen LogP contribution is 2.22. The Bertz CT molecular complexity index is 1130. The van der Waals surface area contributed by atoms with Crippen molar-refractivity contribution in [3.63, 3.8) is 0 Å². The minimum Gasteiger partial charge on any atom is -0.379 e. The Hall–Kier alpha value is -3.55. The lowest BCUT2D eigenvalue weighted by atomic mass is 10.1. The molecular formula is C29H32FN3O3. The average molecular weight is 490 g/mol. The molecule has 0 unspecified atom stereocenters. The van der Waals surface area contributed by atoms with Crippen molar-refractivity contribution < 1.29 is 18.7 Å². The highest BCUT2D eigenvalue weighted by molar-refractivity contribution is 6.06. The molecule has 1 N–H and O–H groups in total. The third-order valence-electron chi connectivity index (χ3n) is 6.18. The summed E-state index contributed by atoms with van der Waals surface area (Å²) in [4.78, 5) is 30.0. The Labute approximate surface area is 211 Å². The predicted molar refractivity (Wildman–Crippen MR) is 138 cm³/mol. The normalized spacial score (nSPS) is 13.8. The summed E-state index contributed by atoms with van der Waals surface area (Å²) >= 11 is 0. The number of morpholine rings is 1. The molecule has 0 aliphatic carbocycles. The number of amides is 2. The standard InChI is InChI=1S/C29H32FN3O3/c30-26-12-10-23(11-13-26)22-33(29(35)25-7-2-1-3-8-25)27-9-4-6-24(20-27)21-28(34)31-14-5-15-32-16-18-36-19-17-32/h1-4,6-13,20H,5,14-19,21-22H2,(H,31,34). The second-order valence-corrected chi connectivity index (χ2v) is 8.89. The zero-order valence-corrected chi connectivity index (χ0v) is 20.4. The van der Waals surface area contributed by atoms with Crippen LogP contribution in [0.3, 0.4) is 0 Å². The quantitative estimate of drug-likeness (QED) is 0.437. The van der Waals surface area contributed by atoms with Gasteiger partial charge in [0.15, 0.2) is 0 Å². The highest BCUT2D eigenvalue weighted by Gasteiger charge is 2.19. The minimum absolute atomic E-state index is 0.0476. The van der Waals surface area contributed by atoms with E-state index in [1.54, 1.807) is 29.2 Å². The van der Waals surface area contributed by atoms with Gasteiger partial charge in [-0.1, -0.05) is 42.5 Å². The smallest absolute Gasteiger partial charge is 0.258 e. The van der Waals surface area contributed by atoms with Gasteiger partial charge in [0.05, 0.1) is 26.2 Å². The van der Waals surface area contributed by atoms with Gasteiger partial charge in [-0.25, -0.2) is 4.39 Å². The van der Waals surface area contributed by atoms with Crippen molar-refractivity contribution >= 4 is 17.5 Å². The van der Waals surface area contributed by atoms with Crippen molar-refractivity contribution in [1.82, 2.24) is 10.2 Å². The summed E-state index contributed by atoms with van der Waals surface area (Å²) in [5.41, 5.74) is 2.88. The fourth-order valence-corrected chi connectivity index (χ4v) is 4.23. The van der Waals surface area contributed by atoms with Crippen molar-refractivity contribution in [1.29, 1.82) is 0 Å². The van der Waals surface area contributed by atoms with E-state index in [1.165, 1.54) is 12.1 Å². The zero-order chi connectivity index (χ0) is 25.2. The minimum atomic E-state index is -0.322. The molecule has 1 heterocycles. The molecule has 1 aliphatic heterocycles. The molecule has 4 rings (SSSR count). The van der Waals surface area contributed by atoms with Crippen LogP contribution in [0.15, 0.2) is 78.9 Å². The fourth-order valence-electron chi connectivity index (χ4n) is 4.23. The number of carbonyl (C=O) groups is 2. The first kappa shape index (κ1) is 25.5. The van der Waals surface area contributed by atoms with Gasteiger partial charge in [0, 0.05) is 30.9 Å². The van der Waals surface area contributed by atoms with Crippen LogP contribution in [0.4, 0.5) is 10.1 Å². The summed E-state index contributed by atoms with van der Waals surface area (Å²) in [5.74, 6) is -0.532. The van der Waals surface area contributed by atoms with Gasteiger partial charge in [-0.05, 0) is 60.5 Å². The number of nitrogens with one attached hydrogen (secondary N) is 1. The van der Waals surface area contributed by atoms with Crippen molar-refractivity contribution in [3.05, 3.63) is 101 Å². The number of carbonyl (C=O) groups excluding carboxylic acids is 2. The number of rotatable bonds is 10. The summed E-state index contributed by atoms with van der Waals surface area (Å²) in [5, 5.41) is 3.00. The molecule has 36 heavy (non-hydrogen) atoms. The van der Waals surface area contributed by atoms with Gasteiger partial charge in [-0.3, -0.25) is 14.5 Å². The molecule has 3 aromatic rings. The SMILES string of the molecule is O=C(Cc1cccc(N(Cc2ccc(F)cc2)C(=O)c2ccccc2)c1)NCCCN1CCOCC1. The van der Waals surface area contributed by atoms with Crippen molar-refractivity contribution in [2.75, 3.05) is 44.3 Å². The van der Waals surface area contributed by atoms with Crippen LogP contribution in [0, 0.1) is 5.82 Å². The second-order valence-electron chi connectivity index (χ2n) is 8.89. The first-order chi connectivity index (χ1) is 17.6. The van der Waals surface area contributed by atoms with E-state index in [1.807, 2.05) is 42.5 Å². The second kappa shape index (κ2) is 13.0. The van der Waals surface area contributed by atoms with Gasteiger partial charge in [0.25, 0.3) is 5.91 Å². The average Bonchev–Trinajstić information content (AvgIpc) is 2.92. The largest absolute Gasteiger partial charge is 0.379 e. The van der Waals surface area contributed by atoms with Crippen LogP contribution in [-0.4, -0.2) is 56.1 Å². The van der Waals surface area contributed by atoms with E-state index in [0.29, 0.717) is 17.8 Å². The highest BCUT2D eigenvalue weighted by atomic mass is 19.1. The number of hydrogen-bond donors (Lipinski definition) is 1. The van der Waals surface area contributed by atoms with Gasteiger partial charge in [-0.15, -0.1) is 0 Å². The lowest BCUT2D eigenvalue weighted by Crippen LogP contribution is -2.38. The maximum absolute atomic E-state index is 13.4. The summed E-state index contributed by atoms with van der Waals surface area (Å²) in [6.45, 7) is 5.28. The molecule has 1 fully saturated rings. The Morgan fingerprint density at radius 1 is 0.917 bits per heavy atom. The molecule has 188 valence electrons. The molecule has 3 aromatic carbocycles. The van der Waals surface area contributed by atoms with Gasteiger partial charge >= 0.3 is 0 Å². The summed E-state index contributed by atoms with van der Waals surface area (Å²) < 4.78 is 18.8. The number of ether oxygens (including phenoxy) is 1. The first-order valence-electron chi connectivity index (χ1n) is 12.4. The Morgan fingerprint density at radius 2 is 1.67 bits per heavy atom. The molecule has 0 spiro atoms. The van der Waals surface area contributed by atoms with Crippen LogP contribution in [0.5, 0.6) is 0 Å². The number of hydrogen-bond acceptors (Lipinski definition) is 4. The molecule has 0 bridgehead atoms. The monoisotopic (exact) mass is 489 g/mol. The molecule has 0 atom stereocenters. The van der Waals surface area contributed by atoms with E-state index >= 15 is 0 Å². The molecule has 1 saturated heterocycles. The zero-order valence-electron chi connectivity index (χ0n) is 20.4. The van der Waals surface area contributed by atoms with Crippen LogP contribution in [0.1, 0.15) is 27.9 Å². The number of halogens is 1. The van der Waals surface area contributed by atoms with Crippen LogP contribution in [-0.2, 0) is 22.5 Å². The van der Waals surface area contributed by atoms with E-state index in [0.717, 1.165) is 50.4 Å². The number of nitrogens with zero attached hydrogens (tertiary/aromatic N) is 2. The van der Waals surface area contributed by atoms with Crippen LogP contribution >= 0.6 is 0 Å². The van der Waals surface area contributed by atoms with Crippen molar-refractivity contribution in [2.24, 2.45) is 0 Å². The van der Waals surface area contributed by atoms with Gasteiger partial charge in [0.1, 0.15) is 5.82 Å². The van der Waals surface area contributed by atoms with E-state index in [-0.39, 0.29) is 30.6 Å². The van der Waals surface area contributed by atoms with E-state index in [4.69, 9.17) is 4.74 Å². The topological polar surface area (TPSA) is 61.9 Å². The molecule has 2 amide bonds. The summed E-state index contributed by atoms with van der Waals surface area (Å²) in [6, 6.07) is 22.7. The van der Waals surface area contributed by atoms with E-state index < -0.39 is 0 Å². The predicted octanol–water partition coefficient (Wildman–Crippen LogP) is 4.05. The third-order valence-corrected chi connectivity index (χ3v) is 6.18. The molecule has 1 aliphatic rings. The van der Waals surface area contributed by atoms with Gasteiger partial charge in [-0.2, -0.15) is 0 Å². The lowest BCUT2D eigenvalue weighted by Gasteiger charge is -2.26. The maximum Gasteiger partial charge on any atom is 0.258 e. The molecule has 0 aromatic heterocycles. The van der Waals surface area contributed by atoms with E-state index in [9.17, 15) is 14.0 Å². The molecule has 7 heteroatoms. The summed E-state index contributed by atoms with van der Waals surface area (Å²) in [7, 11) is 0. The van der Waals surface area contributed by atoms with E-state index in [2.05, 4.69) is 10.2 Å². The Morgan fingerprint density at radius 3 is 2.42 bits per heavy atom. The molecule has 6 nitrogen and oxygen atoms in total. The Kier molecular flexibility index (Phi) is 9.19. The molecular weight excluding hydrogens is 457 g/mol. The lowest BCUT2D eigenvalue weighted by molar-refractivity contribution is -0.120. The summed E-state index contributed by atoms with van der Waals surface area (Å²) in [6.07, 6.45) is 1.12. The first-order valence-corrected chi connectivity index (χ1v) is 12.4. The number of benzene rings is 3. The third kappa shape index (κ3) is 7.47. The Balaban J connectivity index is 1.41. The number of anilines is 1. The molecule has 0 radical (unpaired) electrons. The van der Waals surface area contributed by atoms with Gasteiger partial charge in [0.2, 0.25) is 5.91 Å². The molecule has 0 saturated carbocycles. The van der Waals surface area contributed by atoms with Gasteiger partial charge < -0.3 is 15.0 Å². The van der Waals surface area contributed by atoms with Crippen LogP contribution < -0.4 is 10.2 Å². The van der Waals surface area contributed by atoms with Crippen LogP contribution in [0.2, 0.25) is 0 Å². The fraction of sp³-hybridized carbons (Fsp3) is 0.310. The van der Waals surface area contributed by atoms with Crippen molar-refractivity contribution in [2.45, 2.75) is 19.4 Å². The van der Waals surface area contributed by atoms with Crippen LogP contribution in [0.25, 0.3) is 0 Å². The maximum atomic E-state index is 13.4. The van der Waals surface area contributed by atoms with Crippen molar-refractivity contribution in [3.8, 4) is 0 Å².